The Morgan fingerprint density at radius 2 is 0.607 bits per heavy atom. The summed E-state index contributed by atoms with van der Waals surface area (Å²) in [5, 5.41) is 44.1. The molecule has 0 aliphatic carbocycles. The zero-order chi connectivity index (χ0) is 21.0. The fraction of sp³-hybridized carbons (Fsp3) is 0.643. The molecule has 0 aromatic carbocycles. The van der Waals surface area contributed by atoms with Gasteiger partial charge in [-0.15, -0.1) is 0 Å². The van der Waals surface area contributed by atoms with Gasteiger partial charge in [0.05, 0.1) is 32.7 Å². The minimum absolute atomic E-state index is 0. The summed E-state index contributed by atoms with van der Waals surface area (Å²) in [5.41, 5.74) is 0. The fourth-order valence-electron chi connectivity index (χ4n) is 2.22. The van der Waals surface area contributed by atoms with E-state index in [1.165, 1.54) is 4.90 Å². The van der Waals surface area contributed by atoms with Crippen molar-refractivity contribution in [3.63, 3.8) is 0 Å². The van der Waals surface area contributed by atoms with Crippen molar-refractivity contribution in [3.8, 4) is 0 Å². The van der Waals surface area contributed by atoms with Gasteiger partial charge in [0.2, 0.25) is 0 Å². The predicted octanol–water partition coefficient (Wildman–Crippen LogP) is -2.69. The molecule has 162 valence electrons. The molecule has 5 N–H and O–H groups in total. The minimum Gasteiger partial charge on any atom is -0.480 e. The van der Waals surface area contributed by atoms with Crippen molar-refractivity contribution in [3.05, 3.63) is 0 Å². The van der Waals surface area contributed by atoms with E-state index in [0.717, 1.165) is 9.80 Å². The molecular weight excluding hydrogens is 567 g/mol. The van der Waals surface area contributed by atoms with Crippen molar-refractivity contribution in [2.24, 2.45) is 0 Å². The second-order valence-corrected chi connectivity index (χ2v) is 5.67. The minimum atomic E-state index is -1.24. The van der Waals surface area contributed by atoms with Gasteiger partial charge in [0.15, 0.2) is 0 Å². The van der Waals surface area contributed by atoms with Crippen LogP contribution in [0.15, 0.2) is 0 Å². The van der Waals surface area contributed by atoms with Crippen molar-refractivity contribution in [2.45, 2.75) is 0 Å². The summed E-state index contributed by atoms with van der Waals surface area (Å²) in [5.74, 6) is -6.16. The van der Waals surface area contributed by atoms with Gasteiger partial charge in [-0.3, -0.25) is 38.7 Å². The Hall–Kier alpha value is -2.03. The molecule has 14 heteroatoms. The molecule has 0 radical (unpaired) electrons. The average Bonchev–Trinajstić information content (AvgIpc) is 2.46. The van der Waals surface area contributed by atoms with E-state index in [9.17, 15) is 24.0 Å². The van der Waals surface area contributed by atoms with Gasteiger partial charge in [-0.1, -0.05) is 0 Å². The SMILES string of the molecule is O=C(O)CN(CCN(CC(=O)O)CC(=O)O)CCN(CC(=O)O)CC(=O)O.[Au+3]. The topological polar surface area (TPSA) is 196 Å². The fourth-order valence-corrected chi connectivity index (χ4v) is 2.22. The third-order valence-electron chi connectivity index (χ3n) is 3.26. The van der Waals surface area contributed by atoms with E-state index >= 15 is 0 Å². The van der Waals surface area contributed by atoms with Crippen molar-refractivity contribution in [2.75, 3.05) is 58.9 Å². The molecule has 28 heavy (non-hydrogen) atoms. The van der Waals surface area contributed by atoms with E-state index < -0.39 is 62.6 Å². The van der Waals surface area contributed by atoms with E-state index in [0.29, 0.717) is 0 Å². The van der Waals surface area contributed by atoms with Crippen molar-refractivity contribution >= 4 is 29.8 Å². The standard InChI is InChI=1S/C14H23N3O10.Au/c18-10(19)5-15(1-3-16(6-11(20)21)7-12(22)23)2-4-17(8-13(24)25)9-14(26)27;/h1-9H2,(H,18,19)(H,20,21)(H,22,23)(H,24,25)(H,26,27);/q;+3. The number of carboxylic acids is 5. The van der Waals surface area contributed by atoms with Crippen LogP contribution in [0.5, 0.6) is 0 Å². The molecule has 0 rings (SSSR count). The maximum absolute atomic E-state index is 11.0. The molecule has 0 atom stereocenters. The summed E-state index contributed by atoms with van der Waals surface area (Å²) in [7, 11) is 0. The summed E-state index contributed by atoms with van der Waals surface area (Å²) in [6, 6.07) is 0. The van der Waals surface area contributed by atoms with Gasteiger partial charge in [-0.05, 0) is 0 Å². The molecule has 0 heterocycles. The molecular formula is C14H23AuN3O10+3. The largest absolute Gasteiger partial charge is 3.00 e. The number of nitrogens with zero attached hydrogens (tertiary/aromatic N) is 3. The molecule has 0 aliphatic heterocycles. The smallest absolute Gasteiger partial charge is 0.480 e. The predicted molar refractivity (Wildman–Crippen MR) is 87.5 cm³/mol. The van der Waals surface area contributed by atoms with Crippen LogP contribution in [0.25, 0.3) is 0 Å². The molecule has 0 unspecified atom stereocenters. The van der Waals surface area contributed by atoms with Gasteiger partial charge >= 0.3 is 52.2 Å². The molecule has 0 saturated heterocycles. The number of carbonyl (C=O) groups is 5. The molecule has 0 bridgehead atoms. The maximum atomic E-state index is 11.0. The summed E-state index contributed by atoms with van der Waals surface area (Å²) in [6.07, 6.45) is 0. The first kappa shape index (κ1) is 28.2. The van der Waals surface area contributed by atoms with Crippen LogP contribution in [-0.4, -0.2) is 129 Å². The van der Waals surface area contributed by atoms with Gasteiger partial charge in [0, 0.05) is 26.2 Å². The van der Waals surface area contributed by atoms with Crippen molar-refractivity contribution in [1.82, 2.24) is 14.7 Å². The first-order valence-electron chi connectivity index (χ1n) is 7.75. The number of rotatable bonds is 16. The third-order valence-corrected chi connectivity index (χ3v) is 3.26. The summed E-state index contributed by atoms with van der Waals surface area (Å²) in [4.78, 5) is 57.6. The average molecular weight is 590 g/mol. The summed E-state index contributed by atoms with van der Waals surface area (Å²) >= 11 is 0. The van der Waals surface area contributed by atoms with Crippen molar-refractivity contribution in [1.29, 1.82) is 0 Å². The zero-order valence-electron chi connectivity index (χ0n) is 14.8. The van der Waals surface area contributed by atoms with E-state index in [1.54, 1.807) is 0 Å². The van der Waals surface area contributed by atoms with Crippen LogP contribution in [0, 0.1) is 0 Å². The van der Waals surface area contributed by atoms with E-state index in [1.807, 2.05) is 0 Å². The Balaban J connectivity index is 0. The quantitative estimate of drug-likeness (QED) is 0.117. The van der Waals surface area contributed by atoms with Gasteiger partial charge in [-0.25, -0.2) is 0 Å². The monoisotopic (exact) mass is 590 g/mol. The van der Waals surface area contributed by atoms with Crippen LogP contribution >= 0.6 is 0 Å². The second-order valence-electron chi connectivity index (χ2n) is 5.67. The van der Waals surface area contributed by atoms with Crippen molar-refractivity contribution < 1.29 is 71.9 Å². The van der Waals surface area contributed by atoms with Crippen LogP contribution in [0.1, 0.15) is 0 Å². The molecule has 0 amide bonds. The molecule has 0 saturated carbocycles. The Kier molecular flexibility index (Phi) is 15.1. The number of hydrogen-bond donors (Lipinski definition) is 5. The number of hydrogen-bond acceptors (Lipinski definition) is 8. The van der Waals surface area contributed by atoms with Gasteiger partial charge in [0.1, 0.15) is 0 Å². The van der Waals surface area contributed by atoms with E-state index in [4.69, 9.17) is 25.5 Å². The number of aliphatic carboxylic acids is 5. The first-order chi connectivity index (χ1) is 12.5. The van der Waals surface area contributed by atoms with Crippen LogP contribution < -0.4 is 0 Å². The molecule has 0 aromatic heterocycles. The Bertz CT molecular complexity index is 487. The molecule has 0 fully saturated rings. The summed E-state index contributed by atoms with van der Waals surface area (Å²) in [6.45, 7) is -2.74. The molecule has 0 aromatic rings. The number of carboxylic acid groups (broad SMARTS) is 5. The van der Waals surface area contributed by atoms with Crippen LogP contribution in [0.2, 0.25) is 0 Å². The maximum Gasteiger partial charge on any atom is 3.00 e. The Morgan fingerprint density at radius 1 is 0.429 bits per heavy atom. The van der Waals surface area contributed by atoms with Gasteiger partial charge in [-0.2, -0.15) is 0 Å². The normalized spacial score (nSPS) is 10.7. The van der Waals surface area contributed by atoms with E-state index in [2.05, 4.69) is 0 Å². The Labute approximate surface area is 175 Å². The zero-order valence-corrected chi connectivity index (χ0v) is 17.0. The Morgan fingerprint density at radius 3 is 0.821 bits per heavy atom. The second kappa shape index (κ2) is 15.0. The summed E-state index contributed by atoms with van der Waals surface area (Å²) < 4.78 is 0. The molecule has 0 spiro atoms. The van der Waals surface area contributed by atoms with Gasteiger partial charge in [0.25, 0.3) is 0 Å². The first-order valence-corrected chi connectivity index (χ1v) is 7.75. The molecule has 13 nitrogen and oxygen atoms in total. The van der Waals surface area contributed by atoms with Crippen LogP contribution in [0.4, 0.5) is 0 Å². The van der Waals surface area contributed by atoms with E-state index in [-0.39, 0.29) is 48.6 Å². The molecule has 0 aliphatic rings. The van der Waals surface area contributed by atoms with Crippen LogP contribution in [-0.2, 0) is 46.4 Å². The third kappa shape index (κ3) is 16.2. The van der Waals surface area contributed by atoms with Crippen LogP contribution in [0.3, 0.4) is 0 Å². The van der Waals surface area contributed by atoms with Gasteiger partial charge < -0.3 is 25.5 Å².